The monoisotopic (exact) mass is 195 g/mol. The average Bonchev–Trinajstić information content (AvgIpc) is 2.15. The van der Waals surface area contributed by atoms with E-state index in [0.29, 0.717) is 0 Å². The van der Waals surface area contributed by atoms with E-state index < -0.39 is 0 Å². The molecular formula is C10H13NOS. The number of amides is 1. The molecule has 2 N–H and O–H groups in total. The van der Waals surface area contributed by atoms with Crippen LogP contribution in [0.2, 0.25) is 0 Å². The van der Waals surface area contributed by atoms with Crippen LogP contribution in [0, 0.1) is 0 Å². The SMILES string of the molecule is CCC(Sc1ccccc1)C(N)=O. The summed E-state index contributed by atoms with van der Waals surface area (Å²) in [6.45, 7) is 1.96. The first-order chi connectivity index (χ1) is 6.24. The minimum atomic E-state index is -0.239. The summed E-state index contributed by atoms with van der Waals surface area (Å²) in [7, 11) is 0. The van der Waals surface area contributed by atoms with E-state index in [2.05, 4.69) is 0 Å². The molecule has 0 saturated heterocycles. The predicted molar refractivity (Wildman–Crippen MR) is 55.6 cm³/mol. The zero-order valence-electron chi connectivity index (χ0n) is 7.57. The van der Waals surface area contributed by atoms with Crippen molar-refractivity contribution in [3.05, 3.63) is 30.3 Å². The zero-order valence-corrected chi connectivity index (χ0v) is 8.38. The van der Waals surface area contributed by atoms with Gasteiger partial charge in [0.05, 0.1) is 5.25 Å². The molecule has 0 radical (unpaired) electrons. The van der Waals surface area contributed by atoms with Crippen LogP contribution < -0.4 is 5.73 Å². The number of thioether (sulfide) groups is 1. The van der Waals surface area contributed by atoms with Crippen LogP contribution in [-0.4, -0.2) is 11.2 Å². The van der Waals surface area contributed by atoms with Crippen molar-refractivity contribution in [2.24, 2.45) is 5.73 Å². The second kappa shape index (κ2) is 4.92. The van der Waals surface area contributed by atoms with E-state index in [1.165, 1.54) is 11.8 Å². The second-order valence-electron chi connectivity index (χ2n) is 2.73. The summed E-state index contributed by atoms with van der Waals surface area (Å²) in [5.41, 5.74) is 5.24. The summed E-state index contributed by atoms with van der Waals surface area (Å²) in [6.07, 6.45) is 0.773. The van der Waals surface area contributed by atoms with Gasteiger partial charge in [-0.15, -0.1) is 11.8 Å². The molecule has 3 heteroatoms. The smallest absolute Gasteiger partial charge is 0.230 e. The molecule has 1 aromatic rings. The first-order valence-corrected chi connectivity index (χ1v) is 5.13. The third-order valence-corrected chi connectivity index (χ3v) is 3.10. The summed E-state index contributed by atoms with van der Waals surface area (Å²) in [4.78, 5) is 12.0. The number of hydrogen-bond acceptors (Lipinski definition) is 2. The Kier molecular flexibility index (Phi) is 3.83. The molecule has 0 spiro atoms. The summed E-state index contributed by atoms with van der Waals surface area (Å²) in [5.74, 6) is -0.239. The van der Waals surface area contributed by atoms with Crippen molar-refractivity contribution in [3.8, 4) is 0 Å². The van der Waals surface area contributed by atoms with Crippen LogP contribution >= 0.6 is 11.8 Å². The largest absolute Gasteiger partial charge is 0.369 e. The first kappa shape index (κ1) is 10.1. The Morgan fingerprint density at radius 3 is 2.54 bits per heavy atom. The van der Waals surface area contributed by atoms with Crippen LogP contribution in [0.25, 0.3) is 0 Å². The minimum Gasteiger partial charge on any atom is -0.369 e. The van der Waals surface area contributed by atoms with Crippen LogP contribution in [0.3, 0.4) is 0 Å². The number of benzene rings is 1. The Balaban J connectivity index is 2.62. The molecule has 1 aromatic carbocycles. The normalized spacial score (nSPS) is 12.4. The third kappa shape index (κ3) is 3.11. The number of carbonyl (C=O) groups excluding carboxylic acids is 1. The number of primary amides is 1. The number of carbonyl (C=O) groups is 1. The van der Waals surface area contributed by atoms with Crippen LogP contribution in [0.5, 0.6) is 0 Å². The van der Waals surface area contributed by atoms with Gasteiger partial charge in [0.2, 0.25) is 5.91 Å². The summed E-state index contributed by atoms with van der Waals surface area (Å²) in [6, 6.07) is 9.83. The maximum atomic E-state index is 10.9. The van der Waals surface area contributed by atoms with Crippen molar-refractivity contribution in [1.29, 1.82) is 0 Å². The van der Waals surface area contributed by atoms with Crippen LogP contribution in [0.4, 0.5) is 0 Å². The molecule has 0 aliphatic carbocycles. The van der Waals surface area contributed by atoms with Gasteiger partial charge in [0, 0.05) is 4.90 Å². The van der Waals surface area contributed by atoms with Gasteiger partial charge in [0.25, 0.3) is 0 Å². The highest BCUT2D eigenvalue weighted by Gasteiger charge is 2.13. The van der Waals surface area contributed by atoms with E-state index in [9.17, 15) is 4.79 Å². The zero-order chi connectivity index (χ0) is 9.68. The molecule has 0 fully saturated rings. The maximum Gasteiger partial charge on any atom is 0.230 e. The van der Waals surface area contributed by atoms with Gasteiger partial charge in [0.1, 0.15) is 0 Å². The summed E-state index contributed by atoms with van der Waals surface area (Å²) in [5, 5.41) is -0.109. The summed E-state index contributed by atoms with van der Waals surface area (Å²) < 4.78 is 0. The molecule has 0 bridgehead atoms. The molecule has 0 heterocycles. The molecule has 1 amide bonds. The molecule has 1 atom stereocenters. The number of rotatable bonds is 4. The first-order valence-electron chi connectivity index (χ1n) is 4.25. The van der Waals surface area contributed by atoms with Crippen molar-refractivity contribution < 1.29 is 4.79 Å². The topological polar surface area (TPSA) is 43.1 Å². The van der Waals surface area contributed by atoms with Gasteiger partial charge in [0.15, 0.2) is 0 Å². The molecule has 1 unspecified atom stereocenters. The van der Waals surface area contributed by atoms with E-state index >= 15 is 0 Å². The fraction of sp³-hybridized carbons (Fsp3) is 0.300. The van der Waals surface area contributed by atoms with Crippen molar-refractivity contribution in [2.75, 3.05) is 0 Å². The van der Waals surface area contributed by atoms with E-state index in [1.807, 2.05) is 37.3 Å². The quantitative estimate of drug-likeness (QED) is 0.747. The van der Waals surface area contributed by atoms with E-state index in [4.69, 9.17) is 5.73 Å². The molecule has 0 aliphatic rings. The van der Waals surface area contributed by atoms with E-state index in [-0.39, 0.29) is 11.2 Å². The molecule has 0 aliphatic heterocycles. The molecule has 2 nitrogen and oxygen atoms in total. The number of nitrogens with two attached hydrogens (primary N) is 1. The molecule has 0 saturated carbocycles. The van der Waals surface area contributed by atoms with Gasteiger partial charge < -0.3 is 5.73 Å². The van der Waals surface area contributed by atoms with Gasteiger partial charge in [-0.3, -0.25) is 4.79 Å². The van der Waals surface area contributed by atoms with Crippen LogP contribution in [-0.2, 0) is 4.79 Å². The Hall–Kier alpha value is -0.960. The van der Waals surface area contributed by atoms with Crippen molar-refractivity contribution in [3.63, 3.8) is 0 Å². The molecule has 70 valence electrons. The van der Waals surface area contributed by atoms with Crippen molar-refractivity contribution >= 4 is 17.7 Å². The summed E-state index contributed by atoms with van der Waals surface area (Å²) >= 11 is 1.52. The highest BCUT2D eigenvalue weighted by atomic mass is 32.2. The lowest BCUT2D eigenvalue weighted by Crippen LogP contribution is -2.24. The fourth-order valence-electron chi connectivity index (χ4n) is 1.01. The van der Waals surface area contributed by atoms with Gasteiger partial charge in [-0.05, 0) is 18.6 Å². The molecular weight excluding hydrogens is 182 g/mol. The minimum absolute atomic E-state index is 0.109. The lowest BCUT2D eigenvalue weighted by molar-refractivity contribution is -0.117. The Labute approximate surface area is 82.5 Å². The highest BCUT2D eigenvalue weighted by molar-refractivity contribution is 8.00. The Bertz CT molecular complexity index is 274. The van der Waals surface area contributed by atoms with E-state index in [0.717, 1.165) is 11.3 Å². The van der Waals surface area contributed by atoms with Crippen molar-refractivity contribution in [1.82, 2.24) is 0 Å². The molecule has 1 rings (SSSR count). The molecule has 13 heavy (non-hydrogen) atoms. The van der Waals surface area contributed by atoms with Gasteiger partial charge in [-0.1, -0.05) is 25.1 Å². The Morgan fingerprint density at radius 1 is 1.46 bits per heavy atom. The lowest BCUT2D eigenvalue weighted by Gasteiger charge is -2.09. The van der Waals surface area contributed by atoms with Gasteiger partial charge >= 0.3 is 0 Å². The molecule has 0 aromatic heterocycles. The average molecular weight is 195 g/mol. The van der Waals surface area contributed by atoms with Crippen molar-refractivity contribution in [2.45, 2.75) is 23.5 Å². The van der Waals surface area contributed by atoms with Crippen LogP contribution in [0.1, 0.15) is 13.3 Å². The standard InChI is InChI=1S/C10H13NOS/c1-2-9(10(11)12)13-8-6-4-3-5-7-8/h3-7,9H,2H2,1H3,(H2,11,12). The third-order valence-electron chi connectivity index (χ3n) is 1.71. The Morgan fingerprint density at radius 2 is 2.08 bits per heavy atom. The van der Waals surface area contributed by atoms with E-state index in [1.54, 1.807) is 0 Å². The second-order valence-corrected chi connectivity index (χ2v) is 4.01. The van der Waals surface area contributed by atoms with Crippen LogP contribution in [0.15, 0.2) is 35.2 Å². The van der Waals surface area contributed by atoms with Gasteiger partial charge in [-0.25, -0.2) is 0 Å². The van der Waals surface area contributed by atoms with Gasteiger partial charge in [-0.2, -0.15) is 0 Å². The lowest BCUT2D eigenvalue weighted by atomic mass is 10.3. The number of hydrogen-bond donors (Lipinski definition) is 1. The highest BCUT2D eigenvalue weighted by Crippen LogP contribution is 2.24. The maximum absolute atomic E-state index is 10.9. The predicted octanol–water partition coefficient (Wildman–Crippen LogP) is 2.04. The fourth-order valence-corrected chi connectivity index (χ4v) is 1.93.